The fourth-order valence-corrected chi connectivity index (χ4v) is 2.34. The lowest BCUT2D eigenvalue weighted by molar-refractivity contribution is 0.199. The van der Waals surface area contributed by atoms with Crippen LogP contribution >= 0.6 is 0 Å². The number of nitrogens with zero attached hydrogens (tertiary/aromatic N) is 2. The van der Waals surface area contributed by atoms with Crippen LogP contribution in [-0.2, 0) is 17.7 Å². The molecule has 0 aliphatic heterocycles. The predicted molar refractivity (Wildman–Crippen MR) is 85.6 cm³/mol. The largest absolute Gasteiger partial charge is 0.383 e. The summed E-state index contributed by atoms with van der Waals surface area (Å²) in [5.74, 6) is 0. The number of ether oxygens (including phenoxy) is 1. The molecule has 0 amide bonds. The number of nitrogens with one attached hydrogen (secondary N) is 1. The molecule has 0 aliphatic carbocycles. The molecule has 114 valence electrons. The molecule has 0 aliphatic rings. The van der Waals surface area contributed by atoms with Crippen LogP contribution in [0, 0.1) is 6.92 Å². The maximum absolute atomic E-state index is 5.00. The van der Waals surface area contributed by atoms with Crippen LogP contribution in [0.2, 0.25) is 0 Å². The van der Waals surface area contributed by atoms with Crippen LogP contribution in [0.4, 0.5) is 0 Å². The van der Waals surface area contributed by atoms with E-state index in [1.165, 1.54) is 16.7 Å². The summed E-state index contributed by atoms with van der Waals surface area (Å²) < 4.78 is 7.02. The smallest absolute Gasteiger partial charge is 0.0659 e. The van der Waals surface area contributed by atoms with Gasteiger partial charge in [0.25, 0.3) is 0 Å². The van der Waals surface area contributed by atoms with Crippen molar-refractivity contribution in [2.24, 2.45) is 0 Å². The SMILES string of the molecule is COCCNCCCc1cnn(Cc2cccc(C)c2)c1. The van der Waals surface area contributed by atoms with E-state index in [4.69, 9.17) is 4.74 Å². The molecule has 1 aromatic carbocycles. The summed E-state index contributed by atoms with van der Waals surface area (Å²) in [4.78, 5) is 0. The second kappa shape index (κ2) is 8.60. The van der Waals surface area contributed by atoms with E-state index in [1.54, 1.807) is 7.11 Å². The molecule has 0 saturated carbocycles. The van der Waals surface area contributed by atoms with Crippen molar-refractivity contribution in [2.75, 3.05) is 26.8 Å². The quantitative estimate of drug-likeness (QED) is 0.720. The van der Waals surface area contributed by atoms with E-state index in [2.05, 4.69) is 47.8 Å². The van der Waals surface area contributed by atoms with Crippen LogP contribution in [0.3, 0.4) is 0 Å². The maximum Gasteiger partial charge on any atom is 0.0659 e. The Morgan fingerprint density at radius 2 is 2.14 bits per heavy atom. The normalized spacial score (nSPS) is 11.0. The first-order chi connectivity index (χ1) is 10.3. The van der Waals surface area contributed by atoms with Crippen LogP contribution in [-0.4, -0.2) is 36.6 Å². The summed E-state index contributed by atoms with van der Waals surface area (Å²) in [6.07, 6.45) is 6.32. The van der Waals surface area contributed by atoms with Gasteiger partial charge in [-0.3, -0.25) is 4.68 Å². The molecule has 1 aromatic heterocycles. The molecule has 0 bridgehead atoms. The average molecular weight is 287 g/mol. The second-order valence-corrected chi connectivity index (χ2v) is 5.38. The van der Waals surface area contributed by atoms with E-state index in [9.17, 15) is 0 Å². The zero-order chi connectivity index (χ0) is 14.9. The number of hydrogen-bond acceptors (Lipinski definition) is 3. The Balaban J connectivity index is 1.74. The minimum Gasteiger partial charge on any atom is -0.383 e. The van der Waals surface area contributed by atoms with Crippen LogP contribution in [0.1, 0.15) is 23.1 Å². The topological polar surface area (TPSA) is 39.1 Å². The number of hydrogen-bond donors (Lipinski definition) is 1. The monoisotopic (exact) mass is 287 g/mol. The van der Waals surface area contributed by atoms with Crippen molar-refractivity contribution < 1.29 is 4.74 Å². The number of aryl methyl sites for hydroxylation is 2. The summed E-state index contributed by atoms with van der Waals surface area (Å²) in [5.41, 5.74) is 3.89. The molecule has 0 unspecified atom stereocenters. The van der Waals surface area contributed by atoms with Crippen molar-refractivity contribution in [3.63, 3.8) is 0 Å². The molecular formula is C17H25N3O. The Morgan fingerprint density at radius 1 is 1.24 bits per heavy atom. The highest BCUT2D eigenvalue weighted by Crippen LogP contribution is 2.07. The predicted octanol–water partition coefficient (Wildman–Crippen LogP) is 2.41. The second-order valence-electron chi connectivity index (χ2n) is 5.38. The summed E-state index contributed by atoms with van der Waals surface area (Å²) in [6, 6.07) is 8.57. The van der Waals surface area contributed by atoms with E-state index in [-0.39, 0.29) is 0 Å². The lowest BCUT2D eigenvalue weighted by atomic mass is 10.1. The minimum atomic E-state index is 0.772. The molecule has 0 spiro atoms. The van der Waals surface area contributed by atoms with Gasteiger partial charge in [0.2, 0.25) is 0 Å². The van der Waals surface area contributed by atoms with Gasteiger partial charge < -0.3 is 10.1 Å². The molecule has 0 atom stereocenters. The van der Waals surface area contributed by atoms with Crippen molar-refractivity contribution in [3.05, 3.63) is 53.3 Å². The van der Waals surface area contributed by atoms with Crippen molar-refractivity contribution in [1.29, 1.82) is 0 Å². The molecule has 4 heteroatoms. The molecule has 2 aromatic rings. The minimum absolute atomic E-state index is 0.772. The molecule has 2 rings (SSSR count). The van der Waals surface area contributed by atoms with E-state index in [0.717, 1.165) is 39.1 Å². The van der Waals surface area contributed by atoms with Gasteiger partial charge in [-0.25, -0.2) is 0 Å². The lowest BCUT2D eigenvalue weighted by Gasteiger charge is -2.03. The van der Waals surface area contributed by atoms with E-state index >= 15 is 0 Å². The third-order valence-electron chi connectivity index (χ3n) is 3.42. The molecule has 1 N–H and O–H groups in total. The summed E-state index contributed by atoms with van der Waals surface area (Å²) in [7, 11) is 1.73. The van der Waals surface area contributed by atoms with Crippen molar-refractivity contribution in [3.8, 4) is 0 Å². The molecule has 0 fully saturated rings. The number of rotatable bonds is 9. The Morgan fingerprint density at radius 3 is 2.95 bits per heavy atom. The fraction of sp³-hybridized carbons (Fsp3) is 0.471. The van der Waals surface area contributed by atoms with Crippen molar-refractivity contribution in [2.45, 2.75) is 26.3 Å². The van der Waals surface area contributed by atoms with E-state index in [0.29, 0.717) is 0 Å². The molecule has 0 saturated heterocycles. The first-order valence-corrected chi connectivity index (χ1v) is 7.54. The zero-order valence-electron chi connectivity index (χ0n) is 13.0. The van der Waals surface area contributed by atoms with Gasteiger partial charge in [0.1, 0.15) is 0 Å². The van der Waals surface area contributed by atoms with E-state index in [1.807, 2.05) is 10.9 Å². The molecule has 4 nitrogen and oxygen atoms in total. The highest BCUT2D eigenvalue weighted by Gasteiger charge is 2.00. The first-order valence-electron chi connectivity index (χ1n) is 7.54. The Labute approximate surface area is 127 Å². The molecule has 1 heterocycles. The lowest BCUT2D eigenvalue weighted by Crippen LogP contribution is -2.20. The van der Waals surface area contributed by atoms with Gasteiger partial charge in [-0.2, -0.15) is 5.10 Å². The van der Waals surface area contributed by atoms with Crippen LogP contribution < -0.4 is 5.32 Å². The highest BCUT2D eigenvalue weighted by molar-refractivity contribution is 5.22. The average Bonchev–Trinajstić information content (AvgIpc) is 2.90. The third kappa shape index (κ3) is 5.69. The van der Waals surface area contributed by atoms with Gasteiger partial charge in [-0.05, 0) is 37.4 Å². The van der Waals surface area contributed by atoms with Crippen molar-refractivity contribution >= 4 is 0 Å². The maximum atomic E-state index is 5.00. The molecule has 0 radical (unpaired) electrons. The molecule has 21 heavy (non-hydrogen) atoms. The molecular weight excluding hydrogens is 262 g/mol. The van der Waals surface area contributed by atoms with Crippen LogP contribution in [0.15, 0.2) is 36.7 Å². The Kier molecular flexibility index (Phi) is 6.44. The summed E-state index contributed by atoms with van der Waals surface area (Å²) in [6.45, 7) is 5.67. The fourth-order valence-electron chi connectivity index (χ4n) is 2.34. The van der Waals surface area contributed by atoms with E-state index < -0.39 is 0 Å². The number of benzene rings is 1. The van der Waals surface area contributed by atoms with Crippen LogP contribution in [0.25, 0.3) is 0 Å². The number of aromatic nitrogens is 2. The summed E-state index contributed by atoms with van der Waals surface area (Å²) >= 11 is 0. The number of methoxy groups -OCH3 is 1. The Hall–Kier alpha value is -1.65. The summed E-state index contributed by atoms with van der Waals surface area (Å²) in [5, 5.41) is 7.80. The van der Waals surface area contributed by atoms with Gasteiger partial charge in [-0.1, -0.05) is 29.8 Å². The zero-order valence-corrected chi connectivity index (χ0v) is 13.0. The first kappa shape index (κ1) is 15.7. The van der Waals surface area contributed by atoms with Gasteiger partial charge in [0.15, 0.2) is 0 Å². The third-order valence-corrected chi connectivity index (χ3v) is 3.42. The Bertz CT molecular complexity index is 536. The van der Waals surface area contributed by atoms with Gasteiger partial charge in [0.05, 0.1) is 19.3 Å². The van der Waals surface area contributed by atoms with Gasteiger partial charge >= 0.3 is 0 Å². The standard InChI is InChI=1S/C17H25N3O/c1-15-5-3-6-16(11-15)13-20-14-17(12-19-20)7-4-8-18-9-10-21-2/h3,5-6,11-12,14,18H,4,7-10,13H2,1-2H3. The van der Waals surface area contributed by atoms with Crippen LogP contribution in [0.5, 0.6) is 0 Å². The highest BCUT2D eigenvalue weighted by atomic mass is 16.5. The van der Waals surface area contributed by atoms with Gasteiger partial charge in [0, 0.05) is 19.9 Å². The van der Waals surface area contributed by atoms with Crippen molar-refractivity contribution in [1.82, 2.24) is 15.1 Å². The van der Waals surface area contributed by atoms with Gasteiger partial charge in [-0.15, -0.1) is 0 Å².